The molecule has 0 radical (unpaired) electrons. The first-order valence-corrected chi connectivity index (χ1v) is 6.25. The number of carbonyl (C=O) groups is 1. The average molecular weight is 270 g/mol. The Labute approximate surface area is 106 Å². The minimum absolute atomic E-state index is 0.216. The lowest BCUT2D eigenvalue weighted by Crippen LogP contribution is -2.21. The van der Waals surface area contributed by atoms with E-state index in [1.165, 1.54) is 6.92 Å². The number of hydrogen-bond acceptors (Lipinski definition) is 3. The Bertz CT molecular complexity index is 229. The van der Waals surface area contributed by atoms with E-state index >= 15 is 0 Å². The molecule has 0 aromatic rings. The van der Waals surface area contributed by atoms with Crippen molar-refractivity contribution in [3.63, 3.8) is 0 Å². The summed E-state index contributed by atoms with van der Waals surface area (Å²) in [6.07, 6.45) is -1.62. The molecule has 0 rings (SSSR count). The number of rotatable bonds is 9. The quantitative estimate of drug-likeness (QED) is 0.472. The number of alkyl halides is 3. The highest BCUT2D eigenvalue weighted by Crippen LogP contribution is 2.21. The molecule has 0 fully saturated rings. The summed E-state index contributed by atoms with van der Waals surface area (Å²) in [7, 11) is 0. The number of halogens is 3. The summed E-state index contributed by atoms with van der Waals surface area (Å²) in [5, 5.41) is 0. The van der Waals surface area contributed by atoms with Crippen molar-refractivity contribution in [1.29, 1.82) is 0 Å². The maximum absolute atomic E-state index is 11.8. The third-order valence-corrected chi connectivity index (χ3v) is 2.38. The van der Waals surface area contributed by atoms with Gasteiger partial charge in [-0.25, -0.2) is 0 Å². The van der Waals surface area contributed by atoms with Crippen molar-refractivity contribution in [1.82, 2.24) is 0 Å². The van der Waals surface area contributed by atoms with Crippen LogP contribution in [0.25, 0.3) is 0 Å². The van der Waals surface area contributed by atoms with Gasteiger partial charge in [0.1, 0.15) is 0 Å². The monoisotopic (exact) mass is 270 g/mol. The van der Waals surface area contributed by atoms with Crippen molar-refractivity contribution < 1.29 is 27.4 Å². The van der Waals surface area contributed by atoms with E-state index in [1.807, 2.05) is 0 Å². The second-order valence-electron chi connectivity index (χ2n) is 4.13. The molecule has 0 saturated heterocycles. The van der Waals surface area contributed by atoms with Gasteiger partial charge in [0.15, 0.2) is 0 Å². The van der Waals surface area contributed by atoms with E-state index < -0.39 is 12.5 Å². The fourth-order valence-corrected chi connectivity index (χ4v) is 1.57. The number of carbonyl (C=O) groups excluding carboxylic acids is 1. The fraction of sp³-hybridized carbons (Fsp3) is 0.917. The lowest BCUT2D eigenvalue weighted by molar-refractivity contribution is -0.341. The Kier molecular flexibility index (Phi) is 8.79. The molecule has 0 spiro atoms. The van der Waals surface area contributed by atoms with Gasteiger partial charge in [-0.15, -0.1) is 13.2 Å². The minimum Gasteiger partial charge on any atom is -0.466 e. The van der Waals surface area contributed by atoms with Crippen LogP contribution in [0.2, 0.25) is 0 Å². The van der Waals surface area contributed by atoms with Crippen molar-refractivity contribution in [2.45, 2.75) is 64.8 Å². The molecule has 0 N–H and O–H groups in total. The van der Waals surface area contributed by atoms with Crippen LogP contribution in [0.1, 0.15) is 52.4 Å². The third-order valence-electron chi connectivity index (χ3n) is 2.38. The summed E-state index contributed by atoms with van der Waals surface area (Å²) in [6.45, 7) is 3.54. The SMILES string of the molecule is CCOC(=O)CCCCCCC(C)OC(F)(F)F. The predicted molar refractivity (Wildman–Crippen MR) is 60.9 cm³/mol. The van der Waals surface area contributed by atoms with Gasteiger partial charge in [-0.05, 0) is 26.7 Å². The molecule has 3 nitrogen and oxygen atoms in total. The molecular weight excluding hydrogens is 249 g/mol. The number of hydrogen-bond donors (Lipinski definition) is 0. The lowest BCUT2D eigenvalue weighted by Gasteiger charge is -2.14. The van der Waals surface area contributed by atoms with E-state index in [4.69, 9.17) is 4.74 Å². The van der Waals surface area contributed by atoms with Crippen molar-refractivity contribution in [3.8, 4) is 0 Å². The summed E-state index contributed by atoms with van der Waals surface area (Å²) >= 11 is 0. The largest absolute Gasteiger partial charge is 0.522 e. The molecule has 1 unspecified atom stereocenters. The van der Waals surface area contributed by atoms with Gasteiger partial charge >= 0.3 is 12.3 Å². The normalized spacial score (nSPS) is 13.4. The van der Waals surface area contributed by atoms with Gasteiger partial charge in [0, 0.05) is 6.42 Å². The second-order valence-corrected chi connectivity index (χ2v) is 4.13. The average Bonchev–Trinajstić information content (AvgIpc) is 2.21. The molecule has 18 heavy (non-hydrogen) atoms. The van der Waals surface area contributed by atoms with E-state index in [0.717, 1.165) is 12.8 Å². The summed E-state index contributed by atoms with van der Waals surface area (Å²) in [6, 6.07) is 0. The van der Waals surface area contributed by atoms with Gasteiger partial charge < -0.3 is 4.74 Å². The highest BCUT2D eigenvalue weighted by atomic mass is 19.4. The first kappa shape index (κ1) is 17.2. The Morgan fingerprint density at radius 1 is 1.17 bits per heavy atom. The number of esters is 1. The van der Waals surface area contributed by atoms with Crippen molar-refractivity contribution in [2.24, 2.45) is 0 Å². The summed E-state index contributed by atoms with van der Waals surface area (Å²) in [5.41, 5.74) is 0. The first-order valence-electron chi connectivity index (χ1n) is 6.25. The zero-order chi connectivity index (χ0) is 14.0. The first-order chi connectivity index (χ1) is 8.35. The van der Waals surface area contributed by atoms with Crippen molar-refractivity contribution >= 4 is 5.97 Å². The second kappa shape index (κ2) is 9.19. The number of unbranched alkanes of at least 4 members (excludes halogenated alkanes) is 3. The molecule has 108 valence electrons. The molecule has 0 aliphatic carbocycles. The Morgan fingerprint density at radius 3 is 2.33 bits per heavy atom. The van der Waals surface area contributed by atoms with Crippen LogP contribution >= 0.6 is 0 Å². The van der Waals surface area contributed by atoms with E-state index in [9.17, 15) is 18.0 Å². The molecular formula is C12H21F3O3. The fourth-order valence-electron chi connectivity index (χ4n) is 1.57. The minimum atomic E-state index is -4.55. The summed E-state index contributed by atoms with van der Waals surface area (Å²) in [4.78, 5) is 11.0. The molecule has 0 aliphatic heterocycles. The van der Waals surface area contributed by atoms with Gasteiger partial charge in [0.2, 0.25) is 0 Å². The Hall–Kier alpha value is -0.780. The molecule has 0 aromatic carbocycles. The third kappa shape index (κ3) is 11.7. The molecule has 0 heterocycles. The van der Waals surface area contributed by atoms with Crippen molar-refractivity contribution in [3.05, 3.63) is 0 Å². The van der Waals surface area contributed by atoms with E-state index in [0.29, 0.717) is 32.3 Å². The predicted octanol–water partition coefficient (Wildman–Crippen LogP) is 3.82. The Balaban J connectivity index is 3.38. The van der Waals surface area contributed by atoms with Gasteiger partial charge in [0.05, 0.1) is 12.7 Å². The zero-order valence-electron chi connectivity index (χ0n) is 10.9. The van der Waals surface area contributed by atoms with Gasteiger partial charge in [-0.2, -0.15) is 0 Å². The van der Waals surface area contributed by atoms with Crippen molar-refractivity contribution in [2.75, 3.05) is 6.61 Å². The van der Waals surface area contributed by atoms with Crippen LogP contribution in [0.4, 0.5) is 13.2 Å². The van der Waals surface area contributed by atoms with Crippen LogP contribution in [-0.2, 0) is 14.3 Å². The van der Waals surface area contributed by atoms with Crippen LogP contribution in [0.3, 0.4) is 0 Å². The Morgan fingerprint density at radius 2 is 1.78 bits per heavy atom. The zero-order valence-corrected chi connectivity index (χ0v) is 10.9. The molecule has 0 amide bonds. The van der Waals surface area contributed by atoms with E-state index in [-0.39, 0.29) is 5.97 Å². The molecule has 0 bridgehead atoms. The topological polar surface area (TPSA) is 35.5 Å². The smallest absolute Gasteiger partial charge is 0.466 e. The van der Waals surface area contributed by atoms with Crippen LogP contribution < -0.4 is 0 Å². The lowest BCUT2D eigenvalue weighted by atomic mass is 10.1. The summed E-state index contributed by atoms with van der Waals surface area (Å²) < 4.78 is 44.1. The van der Waals surface area contributed by atoms with Gasteiger partial charge in [-0.3, -0.25) is 9.53 Å². The summed E-state index contributed by atoms with van der Waals surface area (Å²) in [5.74, 6) is -0.216. The highest BCUT2D eigenvalue weighted by molar-refractivity contribution is 5.69. The van der Waals surface area contributed by atoms with E-state index in [2.05, 4.69) is 4.74 Å². The van der Waals surface area contributed by atoms with E-state index in [1.54, 1.807) is 6.92 Å². The van der Waals surface area contributed by atoms with Gasteiger partial charge in [-0.1, -0.05) is 19.3 Å². The van der Waals surface area contributed by atoms with Crippen LogP contribution in [-0.4, -0.2) is 25.0 Å². The van der Waals surface area contributed by atoms with Crippen LogP contribution in [0.15, 0.2) is 0 Å². The van der Waals surface area contributed by atoms with Crippen LogP contribution in [0, 0.1) is 0 Å². The highest BCUT2D eigenvalue weighted by Gasteiger charge is 2.31. The van der Waals surface area contributed by atoms with Gasteiger partial charge in [0.25, 0.3) is 0 Å². The molecule has 6 heteroatoms. The standard InChI is InChI=1S/C12H21F3O3/c1-3-17-11(16)9-7-5-4-6-8-10(2)18-12(13,14)15/h10H,3-9H2,1-2H3. The molecule has 0 aromatic heterocycles. The van der Waals surface area contributed by atoms with Crippen LogP contribution in [0.5, 0.6) is 0 Å². The maximum atomic E-state index is 11.8. The molecule has 0 saturated carbocycles. The molecule has 1 atom stereocenters. The molecule has 0 aliphatic rings. The maximum Gasteiger partial charge on any atom is 0.522 e. The number of ether oxygens (including phenoxy) is 2.